The van der Waals surface area contributed by atoms with Crippen molar-refractivity contribution in [1.82, 2.24) is 0 Å². The second-order valence-electron chi connectivity index (χ2n) is 3.88. The number of hydrogen-bond acceptors (Lipinski definition) is 1. The molecule has 0 heterocycles. The Morgan fingerprint density at radius 1 is 1.19 bits per heavy atom. The van der Waals surface area contributed by atoms with Crippen molar-refractivity contribution in [1.29, 1.82) is 0 Å². The van der Waals surface area contributed by atoms with E-state index in [9.17, 15) is 17.6 Å². The van der Waals surface area contributed by atoms with Crippen LogP contribution in [0.3, 0.4) is 0 Å². The first-order valence-corrected chi connectivity index (χ1v) is 4.85. The Hall–Kier alpha value is -1.10. The van der Waals surface area contributed by atoms with E-state index in [1.54, 1.807) is 13.8 Å². The molecule has 0 bridgehead atoms. The van der Waals surface area contributed by atoms with Crippen LogP contribution in [0.15, 0.2) is 18.2 Å². The Balaban J connectivity index is 3.18. The van der Waals surface area contributed by atoms with Gasteiger partial charge in [0, 0.05) is 6.04 Å². The van der Waals surface area contributed by atoms with E-state index in [4.69, 9.17) is 5.73 Å². The molecule has 1 aromatic rings. The van der Waals surface area contributed by atoms with Crippen molar-refractivity contribution in [2.24, 2.45) is 5.73 Å². The highest BCUT2D eigenvalue weighted by molar-refractivity contribution is 5.30. The molecule has 1 rings (SSSR count). The molecule has 0 saturated carbocycles. The van der Waals surface area contributed by atoms with Gasteiger partial charge in [-0.2, -0.15) is 13.2 Å². The molecular formula is C11H13F4N. The topological polar surface area (TPSA) is 26.0 Å². The Kier molecular flexibility index (Phi) is 3.57. The van der Waals surface area contributed by atoms with Crippen LogP contribution >= 0.6 is 0 Å². The lowest BCUT2D eigenvalue weighted by atomic mass is 9.93. The highest BCUT2D eigenvalue weighted by atomic mass is 19.4. The molecule has 0 aliphatic heterocycles. The van der Waals surface area contributed by atoms with Crippen molar-refractivity contribution in [2.45, 2.75) is 32.0 Å². The first kappa shape index (κ1) is 13.0. The maximum Gasteiger partial charge on any atom is 0.419 e. The summed E-state index contributed by atoms with van der Waals surface area (Å²) in [6, 6.07) is 2.70. The van der Waals surface area contributed by atoms with Crippen molar-refractivity contribution in [3.8, 4) is 0 Å². The van der Waals surface area contributed by atoms with E-state index in [-0.39, 0.29) is 12.0 Å². The summed E-state index contributed by atoms with van der Waals surface area (Å²) in [5.74, 6) is -1.50. The van der Waals surface area contributed by atoms with Crippen LogP contribution in [0.5, 0.6) is 0 Å². The molecule has 0 aromatic heterocycles. The van der Waals surface area contributed by atoms with Crippen LogP contribution in [0.1, 0.15) is 30.9 Å². The lowest BCUT2D eigenvalue weighted by Gasteiger charge is -2.18. The van der Waals surface area contributed by atoms with Crippen LogP contribution in [-0.2, 0) is 6.18 Å². The summed E-state index contributed by atoms with van der Waals surface area (Å²) < 4.78 is 50.2. The molecule has 0 aliphatic carbocycles. The summed E-state index contributed by atoms with van der Waals surface area (Å²) >= 11 is 0. The molecule has 0 amide bonds. The van der Waals surface area contributed by atoms with Gasteiger partial charge in [-0.05, 0) is 30.5 Å². The third-order valence-corrected chi connectivity index (χ3v) is 2.61. The quantitative estimate of drug-likeness (QED) is 0.782. The van der Waals surface area contributed by atoms with Gasteiger partial charge in [-0.3, -0.25) is 0 Å². The molecule has 2 unspecified atom stereocenters. The number of alkyl halides is 3. The number of rotatable bonds is 2. The van der Waals surface area contributed by atoms with Crippen LogP contribution in [0.2, 0.25) is 0 Å². The normalized spacial score (nSPS) is 15.9. The molecular weight excluding hydrogens is 222 g/mol. The third-order valence-electron chi connectivity index (χ3n) is 2.61. The molecule has 2 N–H and O–H groups in total. The van der Waals surface area contributed by atoms with Crippen LogP contribution in [0.4, 0.5) is 17.6 Å². The zero-order valence-electron chi connectivity index (χ0n) is 8.98. The summed E-state index contributed by atoms with van der Waals surface area (Å²) in [5, 5.41) is 0. The molecule has 0 saturated heterocycles. The van der Waals surface area contributed by atoms with Gasteiger partial charge in [0.2, 0.25) is 0 Å². The number of nitrogens with two attached hydrogens (primary N) is 1. The standard InChI is InChI=1S/C11H13F4N/c1-6(7(2)16)8-3-4-10(12)9(5-8)11(13,14)15/h3-7H,16H2,1-2H3. The Bertz CT molecular complexity index is 371. The van der Waals surface area contributed by atoms with Crippen molar-refractivity contribution >= 4 is 0 Å². The highest BCUT2D eigenvalue weighted by Crippen LogP contribution is 2.33. The Morgan fingerprint density at radius 3 is 2.19 bits per heavy atom. The summed E-state index contributed by atoms with van der Waals surface area (Å²) in [6.45, 7) is 3.40. The van der Waals surface area contributed by atoms with E-state index in [0.717, 1.165) is 12.1 Å². The van der Waals surface area contributed by atoms with Crippen LogP contribution in [0.25, 0.3) is 0 Å². The average Bonchev–Trinajstić information content (AvgIpc) is 2.15. The second-order valence-corrected chi connectivity index (χ2v) is 3.88. The molecule has 0 aliphatic rings. The summed E-state index contributed by atoms with van der Waals surface area (Å²) in [4.78, 5) is 0. The van der Waals surface area contributed by atoms with Crippen molar-refractivity contribution in [3.05, 3.63) is 35.1 Å². The Labute approximate surface area is 91.3 Å². The molecule has 5 heteroatoms. The molecule has 0 fully saturated rings. The maximum atomic E-state index is 13.0. The minimum Gasteiger partial charge on any atom is -0.327 e. The summed E-state index contributed by atoms with van der Waals surface area (Å²) in [6.07, 6.45) is -4.67. The van der Waals surface area contributed by atoms with Gasteiger partial charge in [0.05, 0.1) is 5.56 Å². The van der Waals surface area contributed by atoms with Crippen molar-refractivity contribution in [3.63, 3.8) is 0 Å². The zero-order chi connectivity index (χ0) is 12.5. The van der Waals surface area contributed by atoms with Gasteiger partial charge in [-0.25, -0.2) is 4.39 Å². The average molecular weight is 235 g/mol. The van der Waals surface area contributed by atoms with Crippen LogP contribution < -0.4 is 5.73 Å². The molecule has 0 radical (unpaired) electrons. The smallest absolute Gasteiger partial charge is 0.327 e. The van der Waals surface area contributed by atoms with Crippen molar-refractivity contribution in [2.75, 3.05) is 0 Å². The summed E-state index contributed by atoms with van der Waals surface area (Å²) in [5.41, 5.74) is 4.74. The second kappa shape index (κ2) is 4.41. The first-order valence-electron chi connectivity index (χ1n) is 4.85. The highest BCUT2D eigenvalue weighted by Gasteiger charge is 2.34. The van der Waals surface area contributed by atoms with Gasteiger partial charge >= 0.3 is 6.18 Å². The number of hydrogen-bond donors (Lipinski definition) is 1. The van der Waals surface area contributed by atoms with Gasteiger partial charge in [-0.1, -0.05) is 13.0 Å². The molecule has 16 heavy (non-hydrogen) atoms. The fourth-order valence-corrected chi connectivity index (χ4v) is 1.35. The largest absolute Gasteiger partial charge is 0.419 e. The van der Waals surface area contributed by atoms with Gasteiger partial charge in [0.1, 0.15) is 5.82 Å². The minimum absolute atomic E-state index is 0.248. The Morgan fingerprint density at radius 2 is 1.75 bits per heavy atom. The van der Waals surface area contributed by atoms with E-state index < -0.39 is 17.6 Å². The van der Waals surface area contributed by atoms with E-state index in [2.05, 4.69) is 0 Å². The lowest BCUT2D eigenvalue weighted by molar-refractivity contribution is -0.140. The fourth-order valence-electron chi connectivity index (χ4n) is 1.35. The minimum atomic E-state index is -4.67. The monoisotopic (exact) mass is 235 g/mol. The summed E-state index contributed by atoms with van der Waals surface area (Å²) in [7, 11) is 0. The fraction of sp³-hybridized carbons (Fsp3) is 0.455. The van der Waals surface area contributed by atoms with Gasteiger partial charge in [0.15, 0.2) is 0 Å². The number of benzene rings is 1. The van der Waals surface area contributed by atoms with E-state index >= 15 is 0 Å². The zero-order valence-corrected chi connectivity index (χ0v) is 8.98. The third kappa shape index (κ3) is 2.72. The first-order chi connectivity index (χ1) is 7.23. The van der Waals surface area contributed by atoms with Crippen molar-refractivity contribution < 1.29 is 17.6 Å². The maximum absolute atomic E-state index is 13.0. The molecule has 90 valence electrons. The molecule has 2 atom stereocenters. The van der Waals surface area contributed by atoms with E-state index in [1.165, 1.54) is 6.07 Å². The number of halogens is 4. The predicted molar refractivity (Wildman–Crippen MR) is 53.5 cm³/mol. The lowest BCUT2D eigenvalue weighted by Crippen LogP contribution is -2.23. The predicted octanol–water partition coefficient (Wildman–Crippen LogP) is 3.30. The molecule has 0 spiro atoms. The molecule has 1 nitrogen and oxygen atoms in total. The van der Waals surface area contributed by atoms with Crippen LogP contribution in [-0.4, -0.2) is 6.04 Å². The van der Waals surface area contributed by atoms with Gasteiger partial charge in [-0.15, -0.1) is 0 Å². The van der Waals surface area contributed by atoms with Gasteiger partial charge in [0.25, 0.3) is 0 Å². The van der Waals surface area contributed by atoms with E-state index in [1.807, 2.05) is 0 Å². The van der Waals surface area contributed by atoms with Crippen LogP contribution in [0, 0.1) is 5.82 Å². The SMILES string of the molecule is CC(N)C(C)c1ccc(F)c(C(F)(F)F)c1. The molecule has 1 aromatic carbocycles. The van der Waals surface area contributed by atoms with Gasteiger partial charge < -0.3 is 5.73 Å². The van der Waals surface area contributed by atoms with E-state index in [0.29, 0.717) is 5.56 Å².